The smallest absolute Gasteiger partial charge is 0.223 e. The highest BCUT2D eigenvalue weighted by Crippen LogP contribution is 2.31. The number of carbonyl (C=O) groups excluding carboxylic acids is 1. The van der Waals surface area contributed by atoms with Crippen molar-refractivity contribution in [1.82, 2.24) is 5.32 Å². The van der Waals surface area contributed by atoms with Gasteiger partial charge < -0.3 is 10.4 Å². The van der Waals surface area contributed by atoms with E-state index >= 15 is 0 Å². The highest BCUT2D eigenvalue weighted by Gasteiger charge is 2.26. The Morgan fingerprint density at radius 1 is 1.47 bits per heavy atom. The number of thioether (sulfide) groups is 1. The predicted molar refractivity (Wildman–Crippen MR) is 82.4 cm³/mol. The van der Waals surface area contributed by atoms with Gasteiger partial charge >= 0.3 is 0 Å². The summed E-state index contributed by atoms with van der Waals surface area (Å²) >= 11 is 1.60. The van der Waals surface area contributed by atoms with E-state index in [0.717, 1.165) is 18.8 Å². The second-order valence-corrected chi connectivity index (χ2v) is 7.01. The average molecular weight is 287 g/mol. The molecule has 0 spiro atoms. The van der Waals surface area contributed by atoms with Crippen LogP contribution in [0, 0.1) is 11.8 Å². The molecule has 3 nitrogen and oxygen atoms in total. The van der Waals surface area contributed by atoms with Gasteiger partial charge in [0.1, 0.15) is 0 Å². The van der Waals surface area contributed by atoms with E-state index in [1.165, 1.54) is 25.7 Å². The Bertz CT molecular complexity index is 275. The molecule has 112 valence electrons. The van der Waals surface area contributed by atoms with Gasteiger partial charge in [0.25, 0.3) is 0 Å². The van der Waals surface area contributed by atoms with Crippen LogP contribution in [0.4, 0.5) is 0 Å². The van der Waals surface area contributed by atoms with Gasteiger partial charge in [0.2, 0.25) is 5.91 Å². The first-order valence-electron chi connectivity index (χ1n) is 7.47. The number of hydrogen-bond acceptors (Lipinski definition) is 3. The van der Waals surface area contributed by atoms with Crippen LogP contribution in [0.25, 0.3) is 0 Å². The van der Waals surface area contributed by atoms with Crippen molar-refractivity contribution in [3.05, 3.63) is 0 Å². The molecule has 0 radical (unpaired) electrons. The molecule has 0 bridgehead atoms. The summed E-state index contributed by atoms with van der Waals surface area (Å²) in [5, 5.41) is 13.0. The highest BCUT2D eigenvalue weighted by molar-refractivity contribution is 7.98. The summed E-state index contributed by atoms with van der Waals surface area (Å²) in [5.41, 5.74) is -0.805. The van der Waals surface area contributed by atoms with Gasteiger partial charge in [-0.2, -0.15) is 11.8 Å². The van der Waals surface area contributed by atoms with Crippen molar-refractivity contribution >= 4 is 17.7 Å². The zero-order valence-electron chi connectivity index (χ0n) is 12.6. The maximum Gasteiger partial charge on any atom is 0.223 e. The molecule has 1 aliphatic carbocycles. The molecule has 0 saturated heterocycles. The highest BCUT2D eigenvalue weighted by atomic mass is 32.2. The fourth-order valence-electron chi connectivity index (χ4n) is 2.89. The first-order valence-corrected chi connectivity index (χ1v) is 8.87. The molecule has 1 aliphatic rings. The fraction of sp³-hybridized carbons (Fsp3) is 0.933. The summed E-state index contributed by atoms with van der Waals surface area (Å²) in [5.74, 6) is 1.62. The van der Waals surface area contributed by atoms with E-state index < -0.39 is 5.60 Å². The van der Waals surface area contributed by atoms with Crippen LogP contribution in [-0.2, 0) is 4.79 Å². The molecule has 0 aliphatic heterocycles. The number of carbonyl (C=O) groups is 1. The third-order valence-corrected chi connectivity index (χ3v) is 4.97. The summed E-state index contributed by atoms with van der Waals surface area (Å²) in [6.07, 6.45) is 9.10. The Kier molecular flexibility index (Phi) is 7.22. The van der Waals surface area contributed by atoms with Crippen LogP contribution in [-0.4, -0.2) is 35.2 Å². The van der Waals surface area contributed by atoms with Gasteiger partial charge in [-0.3, -0.25) is 4.79 Å². The van der Waals surface area contributed by atoms with E-state index in [0.29, 0.717) is 12.3 Å². The summed E-state index contributed by atoms with van der Waals surface area (Å²) in [6.45, 7) is 4.22. The van der Waals surface area contributed by atoms with Gasteiger partial charge in [-0.25, -0.2) is 0 Å². The molecule has 0 aromatic carbocycles. The van der Waals surface area contributed by atoms with Crippen molar-refractivity contribution in [3.8, 4) is 0 Å². The molecule has 0 aromatic heterocycles. The van der Waals surface area contributed by atoms with E-state index in [2.05, 4.69) is 12.2 Å². The second kappa shape index (κ2) is 8.15. The molecule has 1 amide bonds. The van der Waals surface area contributed by atoms with Gasteiger partial charge in [0.15, 0.2) is 0 Å². The lowest BCUT2D eigenvalue weighted by Crippen LogP contribution is -2.44. The molecule has 4 heteroatoms. The maximum absolute atomic E-state index is 12.2. The molecule has 1 fully saturated rings. The molecular formula is C15H29NO2S. The molecule has 1 saturated carbocycles. The van der Waals surface area contributed by atoms with Crippen molar-refractivity contribution in [1.29, 1.82) is 0 Å². The average Bonchev–Trinajstić information content (AvgIpc) is 2.86. The molecule has 2 N–H and O–H groups in total. The zero-order valence-corrected chi connectivity index (χ0v) is 13.4. The van der Waals surface area contributed by atoms with Crippen LogP contribution in [0.2, 0.25) is 0 Å². The third kappa shape index (κ3) is 6.17. The minimum atomic E-state index is -0.805. The molecule has 2 unspecified atom stereocenters. The Morgan fingerprint density at radius 2 is 2.11 bits per heavy atom. The standard InChI is InChI=1S/C15H29NO2S/c1-4-13(9-12-7-5-6-8-12)14(17)16-10-15(2,18)11-19-3/h12-13,18H,4-11H2,1-3H3,(H,16,17). The van der Waals surface area contributed by atoms with Crippen molar-refractivity contribution < 1.29 is 9.90 Å². The first kappa shape index (κ1) is 16.8. The fourth-order valence-corrected chi connectivity index (χ4v) is 3.62. The first-order chi connectivity index (χ1) is 8.98. The Labute approximate surface area is 121 Å². The van der Waals surface area contributed by atoms with E-state index in [1.54, 1.807) is 18.7 Å². The normalized spacial score (nSPS) is 21.1. The molecule has 19 heavy (non-hydrogen) atoms. The van der Waals surface area contributed by atoms with Gasteiger partial charge in [-0.05, 0) is 31.9 Å². The van der Waals surface area contributed by atoms with Crippen molar-refractivity contribution in [3.63, 3.8) is 0 Å². The topological polar surface area (TPSA) is 49.3 Å². The van der Waals surface area contributed by atoms with Crippen molar-refractivity contribution in [2.24, 2.45) is 11.8 Å². The van der Waals surface area contributed by atoms with Crippen LogP contribution in [0.3, 0.4) is 0 Å². The summed E-state index contributed by atoms with van der Waals surface area (Å²) in [6, 6.07) is 0. The van der Waals surface area contributed by atoms with E-state index in [4.69, 9.17) is 0 Å². The number of aliphatic hydroxyl groups is 1. The SMILES string of the molecule is CCC(CC1CCCC1)C(=O)NCC(C)(O)CSC. The number of nitrogens with one attached hydrogen (secondary N) is 1. The van der Waals surface area contributed by atoms with E-state index in [9.17, 15) is 9.90 Å². The lowest BCUT2D eigenvalue weighted by molar-refractivity contribution is -0.126. The van der Waals surface area contributed by atoms with Gasteiger partial charge in [0.05, 0.1) is 5.60 Å². The van der Waals surface area contributed by atoms with Crippen LogP contribution < -0.4 is 5.32 Å². The Hall–Kier alpha value is -0.220. The molecular weight excluding hydrogens is 258 g/mol. The number of rotatable bonds is 8. The van der Waals surface area contributed by atoms with E-state index in [1.807, 2.05) is 6.26 Å². The minimum Gasteiger partial charge on any atom is -0.387 e. The summed E-state index contributed by atoms with van der Waals surface area (Å²) < 4.78 is 0. The predicted octanol–water partition coefficient (Wildman–Crippen LogP) is 2.82. The largest absolute Gasteiger partial charge is 0.387 e. The Morgan fingerprint density at radius 3 is 2.63 bits per heavy atom. The Balaban J connectivity index is 2.36. The van der Waals surface area contributed by atoms with Gasteiger partial charge in [-0.15, -0.1) is 0 Å². The third-order valence-electron chi connectivity index (χ3n) is 4.05. The second-order valence-electron chi connectivity index (χ2n) is 6.14. The van der Waals surface area contributed by atoms with Gasteiger partial charge in [-0.1, -0.05) is 32.6 Å². The van der Waals surface area contributed by atoms with Crippen molar-refractivity contribution in [2.45, 2.75) is 58.0 Å². The van der Waals surface area contributed by atoms with Crippen LogP contribution >= 0.6 is 11.8 Å². The minimum absolute atomic E-state index is 0.119. The molecule has 0 aromatic rings. The lowest BCUT2D eigenvalue weighted by atomic mass is 9.90. The van der Waals surface area contributed by atoms with Crippen LogP contribution in [0.15, 0.2) is 0 Å². The quantitative estimate of drug-likeness (QED) is 0.722. The number of amides is 1. The maximum atomic E-state index is 12.2. The summed E-state index contributed by atoms with van der Waals surface area (Å²) in [7, 11) is 0. The lowest BCUT2D eigenvalue weighted by Gasteiger charge is -2.25. The molecule has 0 heterocycles. The molecule has 1 rings (SSSR count). The van der Waals surface area contributed by atoms with Crippen LogP contribution in [0.5, 0.6) is 0 Å². The van der Waals surface area contributed by atoms with Crippen LogP contribution in [0.1, 0.15) is 52.4 Å². The summed E-state index contributed by atoms with van der Waals surface area (Å²) in [4.78, 5) is 12.2. The number of hydrogen-bond donors (Lipinski definition) is 2. The zero-order chi connectivity index (χ0) is 14.3. The molecule has 2 atom stereocenters. The monoisotopic (exact) mass is 287 g/mol. The van der Waals surface area contributed by atoms with Crippen molar-refractivity contribution in [2.75, 3.05) is 18.6 Å². The van der Waals surface area contributed by atoms with E-state index in [-0.39, 0.29) is 11.8 Å². The van der Waals surface area contributed by atoms with Gasteiger partial charge in [0, 0.05) is 18.2 Å².